The van der Waals surface area contributed by atoms with Crippen molar-refractivity contribution in [1.82, 2.24) is 0 Å². The van der Waals surface area contributed by atoms with Crippen LogP contribution in [-0.2, 0) is 13.7 Å². The number of hydrogen-bond acceptors (Lipinski definition) is 5. The van der Waals surface area contributed by atoms with Crippen LogP contribution in [0.1, 0.15) is 6.92 Å². The Balaban J connectivity index is 0. The molecule has 0 unspecified atom stereocenters. The molecule has 0 fully saturated rings. The lowest BCUT2D eigenvalue weighted by Crippen LogP contribution is -2.23. The average Bonchev–Trinajstić information content (AvgIpc) is 1.98. The molecule has 110 valence electrons. The van der Waals surface area contributed by atoms with E-state index in [1.165, 1.54) is 0 Å². The first kappa shape index (κ1) is 20.2. The maximum Gasteiger partial charge on any atom is 0.433 e. The minimum absolute atomic E-state index is 0.383. The maximum absolute atomic E-state index is 10.3. The van der Waals surface area contributed by atoms with Crippen molar-refractivity contribution in [2.24, 2.45) is 0 Å². The van der Waals surface area contributed by atoms with Gasteiger partial charge in [-0.25, -0.2) is 9.36 Å². The average molecular weight is 332 g/mol. The minimum atomic E-state index is -5.20. The van der Waals surface area contributed by atoms with E-state index in [9.17, 15) is 18.5 Å². The van der Waals surface area contributed by atoms with Crippen molar-refractivity contribution in [2.45, 2.75) is 12.0 Å². The van der Waals surface area contributed by atoms with Gasteiger partial charge in [0.25, 0.3) is 5.08 Å². The molecule has 0 heterocycles. The largest absolute Gasteiger partial charge is 0.472 e. The van der Waals surface area contributed by atoms with Crippen molar-refractivity contribution < 1.29 is 58.1 Å². The topological polar surface area (TPSA) is 230 Å². The van der Waals surface area contributed by atoms with Gasteiger partial charge in [0.2, 0.25) is 0 Å². The van der Waals surface area contributed by atoms with Crippen LogP contribution in [0.5, 0.6) is 0 Å². The summed E-state index contributed by atoms with van der Waals surface area (Å²) in [6, 6.07) is 0. The SMILES string of the molecule is CC(O)(P(=O)(O)O)P(=O)(O)O.O=C(O)P(=O)(O)O. The van der Waals surface area contributed by atoms with Crippen molar-refractivity contribution >= 4 is 28.5 Å². The van der Waals surface area contributed by atoms with Gasteiger partial charge in [-0.2, -0.15) is 0 Å². The van der Waals surface area contributed by atoms with Crippen molar-refractivity contribution in [3.8, 4) is 0 Å². The predicted octanol–water partition coefficient (Wildman–Crippen LogP) is -1.15. The highest BCUT2D eigenvalue weighted by atomic mass is 31.2. The summed E-state index contributed by atoms with van der Waals surface area (Å²) in [6.45, 7) is 0.383. The van der Waals surface area contributed by atoms with Crippen LogP contribution in [0, 0.1) is 0 Å². The van der Waals surface area contributed by atoms with E-state index in [0.29, 0.717) is 6.92 Å². The molecular formula is C3H11O12P3. The summed E-state index contributed by atoms with van der Waals surface area (Å²) >= 11 is 0. The van der Waals surface area contributed by atoms with Crippen LogP contribution < -0.4 is 0 Å². The molecule has 15 heteroatoms. The second-order valence-corrected chi connectivity index (χ2v) is 8.63. The van der Waals surface area contributed by atoms with Crippen LogP contribution >= 0.6 is 22.8 Å². The fourth-order valence-corrected chi connectivity index (χ4v) is 1.53. The van der Waals surface area contributed by atoms with Crippen LogP contribution in [0.2, 0.25) is 0 Å². The zero-order chi connectivity index (χ0) is 15.6. The molecule has 0 amide bonds. The van der Waals surface area contributed by atoms with Gasteiger partial charge in [0.05, 0.1) is 0 Å². The molecule has 0 atom stereocenters. The highest BCUT2D eigenvalue weighted by Crippen LogP contribution is 2.66. The van der Waals surface area contributed by atoms with Crippen molar-refractivity contribution in [2.75, 3.05) is 0 Å². The molecule has 0 saturated heterocycles. The van der Waals surface area contributed by atoms with Gasteiger partial charge in [0, 0.05) is 0 Å². The Morgan fingerprint density at radius 2 is 1.06 bits per heavy atom. The number of carboxylic acid groups (broad SMARTS) is 1. The Bertz CT molecular complexity index is 407. The molecule has 0 aromatic carbocycles. The molecule has 0 aliphatic heterocycles. The third-order valence-corrected chi connectivity index (χ3v) is 5.62. The molecule has 0 aromatic rings. The van der Waals surface area contributed by atoms with Crippen molar-refractivity contribution in [1.29, 1.82) is 0 Å². The quantitative estimate of drug-likeness (QED) is 0.286. The lowest BCUT2D eigenvalue weighted by molar-refractivity contribution is 0.146. The van der Waals surface area contributed by atoms with Gasteiger partial charge in [-0.15, -0.1) is 0 Å². The summed E-state index contributed by atoms with van der Waals surface area (Å²) in [5.74, 6) is 0. The molecule has 12 nitrogen and oxygen atoms in total. The zero-order valence-electron chi connectivity index (χ0n) is 8.55. The third-order valence-electron chi connectivity index (χ3n) is 1.35. The highest BCUT2D eigenvalue weighted by Gasteiger charge is 2.55. The first-order valence-electron chi connectivity index (χ1n) is 3.57. The normalized spacial score (nSPS) is 13.6. The summed E-state index contributed by atoms with van der Waals surface area (Å²) in [5.41, 5.74) is -2.09. The first-order valence-corrected chi connectivity index (χ1v) is 8.41. The van der Waals surface area contributed by atoms with Crippen LogP contribution in [0.4, 0.5) is 4.79 Å². The van der Waals surface area contributed by atoms with E-state index in [-0.39, 0.29) is 0 Å². The van der Waals surface area contributed by atoms with Gasteiger partial charge in [0.1, 0.15) is 0 Å². The first-order chi connectivity index (χ1) is 7.44. The zero-order valence-corrected chi connectivity index (χ0v) is 11.2. The maximum atomic E-state index is 10.3. The van der Waals surface area contributed by atoms with Gasteiger partial charge in [-0.1, -0.05) is 0 Å². The Hall–Kier alpha value is -0.120. The molecule has 18 heavy (non-hydrogen) atoms. The van der Waals surface area contributed by atoms with Crippen molar-refractivity contribution in [3.05, 3.63) is 0 Å². The molecule has 8 N–H and O–H groups in total. The monoisotopic (exact) mass is 332 g/mol. The fraction of sp³-hybridized carbons (Fsp3) is 0.667. The molecule has 0 aliphatic rings. The van der Waals surface area contributed by atoms with Crippen LogP contribution in [0.15, 0.2) is 0 Å². The van der Waals surface area contributed by atoms with Gasteiger partial charge < -0.3 is 39.6 Å². The third kappa shape index (κ3) is 6.17. The molecule has 0 rings (SSSR count). The lowest BCUT2D eigenvalue weighted by Gasteiger charge is -2.24. The summed E-state index contributed by atoms with van der Waals surface area (Å²) in [6.07, 6.45) is 0. The van der Waals surface area contributed by atoms with Gasteiger partial charge in [-0.3, -0.25) is 9.13 Å². The smallest absolute Gasteiger partial charge is 0.433 e. The number of aliphatic hydroxyl groups is 1. The van der Waals surface area contributed by atoms with E-state index in [2.05, 4.69) is 0 Å². The van der Waals surface area contributed by atoms with Crippen molar-refractivity contribution in [3.63, 3.8) is 0 Å². The Kier molecular flexibility index (Phi) is 6.61. The molecule has 0 aliphatic carbocycles. The van der Waals surface area contributed by atoms with E-state index in [1.54, 1.807) is 0 Å². The lowest BCUT2D eigenvalue weighted by atomic mass is 10.9. The van der Waals surface area contributed by atoms with Gasteiger partial charge >= 0.3 is 28.5 Å². The number of hydrogen-bond donors (Lipinski definition) is 8. The summed E-state index contributed by atoms with van der Waals surface area (Å²) in [5, 5.41) is 12.9. The fourth-order valence-electron chi connectivity index (χ4n) is 0.170. The number of carbonyl (C=O) groups is 1. The van der Waals surface area contributed by atoms with E-state index in [4.69, 9.17) is 39.6 Å². The van der Waals surface area contributed by atoms with Gasteiger partial charge in [-0.05, 0) is 6.92 Å². The molecule has 0 spiro atoms. The predicted molar refractivity (Wildman–Crippen MR) is 54.8 cm³/mol. The van der Waals surface area contributed by atoms with Crippen LogP contribution in [0.25, 0.3) is 0 Å². The molecular weight excluding hydrogens is 321 g/mol. The Labute approximate surface area is 99.4 Å². The van der Waals surface area contributed by atoms with E-state index in [1.807, 2.05) is 0 Å². The molecule has 0 saturated carbocycles. The van der Waals surface area contributed by atoms with E-state index < -0.39 is 33.6 Å². The minimum Gasteiger partial charge on any atom is -0.472 e. The molecule has 0 bridgehead atoms. The van der Waals surface area contributed by atoms with E-state index >= 15 is 0 Å². The molecule has 0 aromatic heterocycles. The summed E-state index contributed by atoms with van der Waals surface area (Å²) < 4.78 is 29.9. The standard InChI is InChI=1S/C2H8O7P2.CH3O5P/c1-2(3,10(4,5)6)11(7,8)9;2-1(3)7(4,5)6/h3H,1H3,(H2,4,5,6)(H2,7,8,9);(H,2,3)(H2,4,5,6). The number of rotatable bonds is 3. The Morgan fingerprint density at radius 1 is 0.889 bits per heavy atom. The summed E-state index contributed by atoms with van der Waals surface area (Å²) in [4.78, 5) is 57.5. The second kappa shape index (κ2) is 5.89. The van der Waals surface area contributed by atoms with Crippen LogP contribution in [0.3, 0.4) is 0 Å². The van der Waals surface area contributed by atoms with Crippen LogP contribution in [-0.4, -0.2) is 50.4 Å². The van der Waals surface area contributed by atoms with E-state index in [0.717, 1.165) is 0 Å². The Morgan fingerprint density at radius 3 is 1.06 bits per heavy atom. The molecule has 0 radical (unpaired) electrons. The highest BCUT2D eigenvalue weighted by molar-refractivity contribution is 7.72. The second-order valence-electron chi connectivity index (χ2n) is 2.89. The van der Waals surface area contributed by atoms with Gasteiger partial charge in [0.15, 0.2) is 0 Å². The summed E-state index contributed by atoms with van der Waals surface area (Å²) in [7, 11) is -15.2.